The van der Waals surface area contributed by atoms with Crippen molar-refractivity contribution in [2.24, 2.45) is 0 Å². The van der Waals surface area contributed by atoms with Crippen LogP contribution in [0.25, 0.3) is 5.52 Å². The lowest BCUT2D eigenvalue weighted by atomic mass is 10.3. The SMILES string of the molecule is Cc1c(F)cn2ncnc(Cl)c12. The van der Waals surface area contributed by atoms with Gasteiger partial charge in [-0.25, -0.2) is 13.9 Å². The Hall–Kier alpha value is -1.16. The van der Waals surface area contributed by atoms with Gasteiger partial charge >= 0.3 is 0 Å². The first-order valence-corrected chi connectivity index (χ1v) is 3.72. The lowest BCUT2D eigenvalue weighted by molar-refractivity contribution is 0.618. The summed E-state index contributed by atoms with van der Waals surface area (Å²) in [4.78, 5) is 3.75. The molecule has 2 aromatic heterocycles. The lowest BCUT2D eigenvalue weighted by Crippen LogP contribution is -1.91. The van der Waals surface area contributed by atoms with Gasteiger partial charge in [-0.05, 0) is 6.92 Å². The Bertz CT molecular complexity index is 437. The highest BCUT2D eigenvalue weighted by molar-refractivity contribution is 6.32. The summed E-state index contributed by atoms with van der Waals surface area (Å²) in [5.41, 5.74) is 0.997. The number of fused-ring (bicyclic) bond motifs is 1. The van der Waals surface area contributed by atoms with Crippen molar-refractivity contribution in [3.05, 3.63) is 29.1 Å². The first-order valence-electron chi connectivity index (χ1n) is 3.34. The van der Waals surface area contributed by atoms with E-state index in [1.807, 2.05) is 0 Å². The molecule has 0 bridgehead atoms. The summed E-state index contributed by atoms with van der Waals surface area (Å²) in [6, 6.07) is 0. The minimum absolute atomic E-state index is 0.270. The van der Waals surface area contributed by atoms with Crippen LogP contribution in [0.2, 0.25) is 5.15 Å². The second-order valence-corrected chi connectivity index (χ2v) is 2.80. The van der Waals surface area contributed by atoms with E-state index < -0.39 is 0 Å². The van der Waals surface area contributed by atoms with E-state index in [0.29, 0.717) is 11.1 Å². The Morgan fingerprint density at radius 3 is 3.00 bits per heavy atom. The highest BCUT2D eigenvalue weighted by Crippen LogP contribution is 2.20. The largest absolute Gasteiger partial charge is 0.233 e. The zero-order valence-electron chi connectivity index (χ0n) is 6.25. The van der Waals surface area contributed by atoms with E-state index in [9.17, 15) is 4.39 Å². The molecule has 0 aliphatic heterocycles. The fourth-order valence-electron chi connectivity index (χ4n) is 1.09. The number of aromatic nitrogens is 3. The quantitative estimate of drug-likeness (QED) is 0.627. The summed E-state index contributed by atoms with van der Waals surface area (Å²) >= 11 is 5.74. The van der Waals surface area contributed by atoms with Crippen LogP contribution < -0.4 is 0 Å². The molecule has 0 aromatic carbocycles. The summed E-state index contributed by atoms with van der Waals surface area (Å²) < 4.78 is 14.3. The number of halogens is 2. The predicted octanol–water partition coefficient (Wildman–Crippen LogP) is 1.83. The molecule has 2 aromatic rings. The first kappa shape index (κ1) is 7.49. The molecule has 0 aliphatic carbocycles. The van der Waals surface area contributed by atoms with Crippen molar-refractivity contribution in [3.63, 3.8) is 0 Å². The molecule has 12 heavy (non-hydrogen) atoms. The third-order valence-electron chi connectivity index (χ3n) is 1.72. The third-order valence-corrected chi connectivity index (χ3v) is 2.00. The van der Waals surface area contributed by atoms with Gasteiger partial charge < -0.3 is 0 Å². The van der Waals surface area contributed by atoms with Crippen LogP contribution in [-0.4, -0.2) is 14.6 Å². The van der Waals surface area contributed by atoms with E-state index in [1.54, 1.807) is 6.92 Å². The highest BCUT2D eigenvalue weighted by atomic mass is 35.5. The van der Waals surface area contributed by atoms with Crippen LogP contribution in [0, 0.1) is 12.7 Å². The molecule has 0 saturated heterocycles. The average Bonchev–Trinajstić information content (AvgIpc) is 2.29. The molecule has 0 aliphatic rings. The van der Waals surface area contributed by atoms with Crippen molar-refractivity contribution in [2.75, 3.05) is 0 Å². The molecule has 0 fully saturated rings. The second kappa shape index (κ2) is 2.42. The number of hydrogen-bond donors (Lipinski definition) is 0. The molecule has 0 amide bonds. The molecule has 3 nitrogen and oxygen atoms in total. The Morgan fingerprint density at radius 1 is 1.58 bits per heavy atom. The Morgan fingerprint density at radius 2 is 2.33 bits per heavy atom. The van der Waals surface area contributed by atoms with E-state index in [2.05, 4.69) is 10.1 Å². The summed E-state index contributed by atoms with van der Waals surface area (Å²) in [6.07, 6.45) is 2.56. The Balaban J connectivity index is 2.97. The van der Waals surface area contributed by atoms with Gasteiger partial charge in [-0.3, -0.25) is 0 Å². The zero-order chi connectivity index (χ0) is 8.72. The number of rotatable bonds is 0. The van der Waals surface area contributed by atoms with Crippen molar-refractivity contribution in [2.45, 2.75) is 6.92 Å². The van der Waals surface area contributed by atoms with Crippen LogP contribution in [0.4, 0.5) is 4.39 Å². The van der Waals surface area contributed by atoms with E-state index in [-0.39, 0.29) is 11.0 Å². The second-order valence-electron chi connectivity index (χ2n) is 2.45. The van der Waals surface area contributed by atoms with Crippen LogP contribution in [0.1, 0.15) is 5.56 Å². The summed E-state index contributed by atoms with van der Waals surface area (Å²) in [7, 11) is 0. The highest BCUT2D eigenvalue weighted by Gasteiger charge is 2.09. The number of nitrogens with zero attached hydrogens (tertiary/aromatic N) is 3. The van der Waals surface area contributed by atoms with E-state index >= 15 is 0 Å². The van der Waals surface area contributed by atoms with Gasteiger partial charge in [-0.1, -0.05) is 11.6 Å². The van der Waals surface area contributed by atoms with Gasteiger partial charge in [-0.2, -0.15) is 5.10 Å². The maximum absolute atomic E-state index is 13.0. The topological polar surface area (TPSA) is 30.2 Å². The van der Waals surface area contributed by atoms with Gasteiger partial charge in [0.25, 0.3) is 0 Å². The lowest BCUT2D eigenvalue weighted by Gasteiger charge is -1.94. The standard InChI is InChI=1S/C7H5ClFN3/c1-4-5(9)2-12-6(4)7(8)10-3-11-12/h2-3H,1H3. The maximum Gasteiger partial charge on any atom is 0.156 e. The normalized spacial score (nSPS) is 10.9. The van der Waals surface area contributed by atoms with Crippen molar-refractivity contribution >= 4 is 17.1 Å². The van der Waals surface area contributed by atoms with Crippen LogP contribution in [0.5, 0.6) is 0 Å². The number of hydrogen-bond acceptors (Lipinski definition) is 2. The van der Waals surface area contributed by atoms with E-state index in [4.69, 9.17) is 11.6 Å². The van der Waals surface area contributed by atoms with Crippen LogP contribution >= 0.6 is 11.6 Å². The molecular weight excluding hydrogens is 181 g/mol. The molecule has 0 radical (unpaired) electrons. The fourth-order valence-corrected chi connectivity index (χ4v) is 1.36. The number of aryl methyl sites for hydroxylation is 1. The molecule has 0 saturated carbocycles. The fraction of sp³-hybridized carbons (Fsp3) is 0.143. The monoisotopic (exact) mass is 185 g/mol. The molecule has 2 rings (SSSR count). The van der Waals surface area contributed by atoms with Crippen LogP contribution in [0.15, 0.2) is 12.5 Å². The molecule has 0 spiro atoms. The molecule has 0 atom stereocenters. The van der Waals surface area contributed by atoms with Gasteiger partial charge in [0, 0.05) is 5.56 Å². The van der Waals surface area contributed by atoms with Crippen LogP contribution in [0.3, 0.4) is 0 Å². The average molecular weight is 186 g/mol. The molecule has 0 unspecified atom stereocenters. The van der Waals surface area contributed by atoms with Crippen molar-refractivity contribution in [3.8, 4) is 0 Å². The summed E-state index contributed by atoms with van der Waals surface area (Å²) in [6.45, 7) is 1.64. The Kier molecular flexibility index (Phi) is 1.51. The third kappa shape index (κ3) is 0.881. The van der Waals surface area contributed by atoms with Crippen molar-refractivity contribution in [1.82, 2.24) is 14.6 Å². The van der Waals surface area contributed by atoms with Gasteiger partial charge in [0.05, 0.1) is 6.20 Å². The van der Waals surface area contributed by atoms with Crippen molar-refractivity contribution in [1.29, 1.82) is 0 Å². The molecule has 0 N–H and O–H groups in total. The Labute approximate surface area is 72.8 Å². The molecule has 62 valence electrons. The minimum Gasteiger partial charge on any atom is -0.233 e. The molecule has 5 heteroatoms. The smallest absolute Gasteiger partial charge is 0.156 e. The summed E-state index contributed by atoms with van der Waals surface area (Å²) in [5, 5.41) is 4.07. The maximum atomic E-state index is 13.0. The molecular formula is C7H5ClFN3. The van der Waals surface area contributed by atoms with Gasteiger partial charge in [-0.15, -0.1) is 0 Å². The summed E-state index contributed by atoms with van der Waals surface area (Å²) in [5.74, 6) is -0.322. The van der Waals surface area contributed by atoms with Gasteiger partial charge in [0.15, 0.2) is 5.15 Å². The minimum atomic E-state index is -0.322. The van der Waals surface area contributed by atoms with Gasteiger partial charge in [0.2, 0.25) is 0 Å². The van der Waals surface area contributed by atoms with E-state index in [1.165, 1.54) is 17.0 Å². The first-order chi connectivity index (χ1) is 5.70. The molecule has 2 heterocycles. The van der Waals surface area contributed by atoms with E-state index in [0.717, 1.165) is 0 Å². The van der Waals surface area contributed by atoms with Gasteiger partial charge in [0.1, 0.15) is 17.7 Å². The van der Waals surface area contributed by atoms with Crippen molar-refractivity contribution < 1.29 is 4.39 Å². The van der Waals surface area contributed by atoms with Crippen LogP contribution in [-0.2, 0) is 0 Å². The zero-order valence-corrected chi connectivity index (χ0v) is 7.01. The predicted molar refractivity (Wildman–Crippen MR) is 42.7 cm³/mol.